The highest BCUT2D eigenvalue weighted by molar-refractivity contribution is 6.03. The number of carbonyl (C=O) groups is 2. The lowest BCUT2D eigenvalue weighted by molar-refractivity contribution is -0.139. The smallest absolute Gasteiger partial charge is 0.307 e. The number of hydrogen-bond acceptors (Lipinski definition) is 3. The standard InChI is InChI=1S/C14H12N2O3/c17-13(9-7-10(9)14(18)19)16-11-5-1-3-8-4-2-6-15-12(8)11/h1-6,9-10H,7H2,(H,16,17)(H,18,19)/t9-,10+/m1/s1. The highest BCUT2D eigenvalue weighted by atomic mass is 16.4. The van der Waals surface area contributed by atoms with Crippen molar-refractivity contribution in [3.63, 3.8) is 0 Å². The van der Waals surface area contributed by atoms with Crippen LogP contribution >= 0.6 is 0 Å². The zero-order chi connectivity index (χ0) is 13.4. The maximum absolute atomic E-state index is 11.9. The Bertz CT molecular complexity index is 663. The van der Waals surface area contributed by atoms with E-state index in [1.807, 2.05) is 24.3 Å². The van der Waals surface area contributed by atoms with E-state index < -0.39 is 17.8 Å². The third-order valence-corrected chi connectivity index (χ3v) is 3.33. The summed E-state index contributed by atoms with van der Waals surface area (Å²) in [4.78, 5) is 26.9. The number of nitrogens with one attached hydrogen (secondary N) is 1. The molecule has 1 aliphatic carbocycles. The lowest BCUT2D eigenvalue weighted by Crippen LogP contribution is -2.17. The number of hydrogen-bond donors (Lipinski definition) is 2. The summed E-state index contributed by atoms with van der Waals surface area (Å²) in [6.07, 6.45) is 2.08. The Morgan fingerprint density at radius 3 is 2.74 bits per heavy atom. The molecular weight excluding hydrogens is 244 g/mol. The Kier molecular flexibility index (Phi) is 2.67. The monoisotopic (exact) mass is 256 g/mol. The van der Waals surface area contributed by atoms with Gasteiger partial charge < -0.3 is 10.4 Å². The van der Waals surface area contributed by atoms with Crippen molar-refractivity contribution in [1.82, 2.24) is 4.98 Å². The summed E-state index contributed by atoms with van der Waals surface area (Å²) in [5, 5.41) is 12.5. The summed E-state index contributed by atoms with van der Waals surface area (Å²) in [7, 11) is 0. The number of aromatic nitrogens is 1. The highest BCUT2D eigenvalue weighted by Crippen LogP contribution is 2.39. The van der Waals surface area contributed by atoms with Crippen molar-refractivity contribution in [1.29, 1.82) is 0 Å². The Balaban J connectivity index is 1.83. The normalized spacial score (nSPS) is 21.1. The molecule has 1 aliphatic rings. The number of carboxylic acid groups (broad SMARTS) is 1. The molecule has 0 spiro atoms. The maximum atomic E-state index is 11.9. The minimum Gasteiger partial charge on any atom is -0.481 e. The van der Waals surface area contributed by atoms with E-state index in [0.717, 1.165) is 5.39 Å². The van der Waals surface area contributed by atoms with Gasteiger partial charge in [-0.05, 0) is 18.6 Å². The number of rotatable bonds is 3. The second-order valence-electron chi connectivity index (χ2n) is 4.66. The molecule has 0 bridgehead atoms. The summed E-state index contributed by atoms with van der Waals surface area (Å²) >= 11 is 0. The molecule has 1 amide bonds. The molecule has 1 heterocycles. The van der Waals surface area contributed by atoms with Crippen molar-refractivity contribution in [2.75, 3.05) is 5.32 Å². The van der Waals surface area contributed by atoms with E-state index in [1.54, 1.807) is 12.3 Å². The van der Waals surface area contributed by atoms with Gasteiger partial charge in [-0.2, -0.15) is 0 Å². The number of pyridine rings is 1. The minimum absolute atomic E-state index is 0.245. The molecule has 2 N–H and O–H groups in total. The average Bonchev–Trinajstić information content (AvgIpc) is 3.19. The predicted molar refractivity (Wildman–Crippen MR) is 69.6 cm³/mol. The minimum atomic E-state index is -0.906. The summed E-state index contributed by atoms with van der Waals surface area (Å²) in [5.74, 6) is -2.11. The second-order valence-corrected chi connectivity index (χ2v) is 4.66. The lowest BCUT2D eigenvalue weighted by atomic mass is 10.2. The molecule has 0 saturated heterocycles. The van der Waals surface area contributed by atoms with Crippen LogP contribution in [-0.4, -0.2) is 22.0 Å². The highest BCUT2D eigenvalue weighted by Gasteiger charge is 2.48. The number of amides is 1. The van der Waals surface area contributed by atoms with Crippen LogP contribution in [0, 0.1) is 11.8 Å². The van der Waals surface area contributed by atoms with Gasteiger partial charge in [0.2, 0.25) is 5.91 Å². The van der Waals surface area contributed by atoms with Crippen LogP contribution in [0.15, 0.2) is 36.5 Å². The Labute approximate surface area is 109 Å². The van der Waals surface area contributed by atoms with Gasteiger partial charge in [-0.1, -0.05) is 18.2 Å². The molecule has 5 nitrogen and oxygen atoms in total. The van der Waals surface area contributed by atoms with E-state index in [2.05, 4.69) is 10.3 Å². The van der Waals surface area contributed by atoms with Gasteiger partial charge in [-0.25, -0.2) is 0 Å². The van der Waals surface area contributed by atoms with E-state index in [4.69, 9.17) is 5.11 Å². The molecule has 1 aromatic carbocycles. The average molecular weight is 256 g/mol. The Morgan fingerprint density at radius 1 is 1.21 bits per heavy atom. The Morgan fingerprint density at radius 2 is 2.00 bits per heavy atom. The number of para-hydroxylation sites is 1. The van der Waals surface area contributed by atoms with Crippen LogP contribution in [0.25, 0.3) is 10.9 Å². The molecule has 0 radical (unpaired) electrons. The van der Waals surface area contributed by atoms with Gasteiger partial charge in [0.05, 0.1) is 23.0 Å². The molecule has 2 aromatic rings. The SMILES string of the molecule is O=C(O)[C@H]1C[C@H]1C(=O)Nc1cccc2cccnc12. The van der Waals surface area contributed by atoms with Crippen molar-refractivity contribution >= 4 is 28.5 Å². The van der Waals surface area contributed by atoms with E-state index in [-0.39, 0.29) is 5.91 Å². The van der Waals surface area contributed by atoms with Crippen molar-refractivity contribution in [2.24, 2.45) is 11.8 Å². The second kappa shape index (κ2) is 4.35. The van der Waals surface area contributed by atoms with Crippen LogP contribution in [0.4, 0.5) is 5.69 Å². The number of fused-ring (bicyclic) bond motifs is 1. The predicted octanol–water partition coefficient (Wildman–Crippen LogP) is 1.89. The third kappa shape index (κ3) is 2.14. The topological polar surface area (TPSA) is 79.3 Å². The molecule has 1 fully saturated rings. The number of anilines is 1. The number of carboxylic acids is 1. The zero-order valence-electron chi connectivity index (χ0n) is 10.0. The molecule has 96 valence electrons. The van der Waals surface area contributed by atoms with Crippen LogP contribution in [-0.2, 0) is 9.59 Å². The van der Waals surface area contributed by atoms with E-state index in [0.29, 0.717) is 17.6 Å². The lowest BCUT2D eigenvalue weighted by Gasteiger charge is -2.07. The summed E-state index contributed by atoms with van der Waals surface area (Å²) in [6.45, 7) is 0. The van der Waals surface area contributed by atoms with Crippen molar-refractivity contribution in [2.45, 2.75) is 6.42 Å². The van der Waals surface area contributed by atoms with E-state index >= 15 is 0 Å². The summed E-state index contributed by atoms with van der Waals surface area (Å²) in [6, 6.07) is 9.26. The van der Waals surface area contributed by atoms with Crippen molar-refractivity contribution < 1.29 is 14.7 Å². The molecular formula is C14H12N2O3. The summed E-state index contributed by atoms with van der Waals surface area (Å²) in [5.41, 5.74) is 1.34. The first-order valence-electron chi connectivity index (χ1n) is 6.04. The van der Waals surface area contributed by atoms with Gasteiger partial charge in [0, 0.05) is 11.6 Å². The molecule has 1 aromatic heterocycles. The molecule has 19 heavy (non-hydrogen) atoms. The van der Waals surface area contributed by atoms with Crippen molar-refractivity contribution in [3.8, 4) is 0 Å². The van der Waals surface area contributed by atoms with Crippen LogP contribution in [0.3, 0.4) is 0 Å². The van der Waals surface area contributed by atoms with Crippen LogP contribution in [0.2, 0.25) is 0 Å². The maximum Gasteiger partial charge on any atom is 0.307 e. The first-order chi connectivity index (χ1) is 9.16. The first-order valence-corrected chi connectivity index (χ1v) is 6.04. The number of carbonyl (C=O) groups excluding carboxylic acids is 1. The molecule has 0 aliphatic heterocycles. The third-order valence-electron chi connectivity index (χ3n) is 3.33. The molecule has 1 saturated carbocycles. The number of aliphatic carboxylic acids is 1. The largest absolute Gasteiger partial charge is 0.481 e. The quantitative estimate of drug-likeness (QED) is 0.879. The zero-order valence-corrected chi connectivity index (χ0v) is 10.0. The molecule has 0 unspecified atom stereocenters. The van der Waals surface area contributed by atoms with Gasteiger partial charge in [-0.3, -0.25) is 14.6 Å². The van der Waals surface area contributed by atoms with Crippen LogP contribution in [0.5, 0.6) is 0 Å². The van der Waals surface area contributed by atoms with Crippen LogP contribution in [0.1, 0.15) is 6.42 Å². The van der Waals surface area contributed by atoms with Gasteiger partial charge in [0.25, 0.3) is 0 Å². The fourth-order valence-corrected chi connectivity index (χ4v) is 2.19. The van der Waals surface area contributed by atoms with Gasteiger partial charge in [0.15, 0.2) is 0 Å². The first kappa shape index (κ1) is 11.6. The number of benzene rings is 1. The van der Waals surface area contributed by atoms with E-state index in [9.17, 15) is 9.59 Å². The molecule has 5 heteroatoms. The van der Waals surface area contributed by atoms with Crippen molar-refractivity contribution in [3.05, 3.63) is 36.5 Å². The van der Waals surface area contributed by atoms with Crippen LogP contribution < -0.4 is 5.32 Å². The fourth-order valence-electron chi connectivity index (χ4n) is 2.19. The fraction of sp³-hybridized carbons (Fsp3) is 0.214. The van der Waals surface area contributed by atoms with Gasteiger partial charge >= 0.3 is 5.97 Å². The number of nitrogens with zero attached hydrogens (tertiary/aromatic N) is 1. The van der Waals surface area contributed by atoms with Gasteiger partial charge in [0.1, 0.15) is 0 Å². The molecule has 3 rings (SSSR count). The molecule has 2 atom stereocenters. The van der Waals surface area contributed by atoms with E-state index in [1.165, 1.54) is 0 Å². The van der Waals surface area contributed by atoms with Gasteiger partial charge in [-0.15, -0.1) is 0 Å². The summed E-state index contributed by atoms with van der Waals surface area (Å²) < 4.78 is 0. The Hall–Kier alpha value is -2.43.